The summed E-state index contributed by atoms with van der Waals surface area (Å²) < 4.78 is 24.5. The quantitative estimate of drug-likeness (QED) is 0.490. The van der Waals surface area contributed by atoms with E-state index in [1.807, 2.05) is 0 Å². The standard InChI is InChI=1S/C24H46N2O5S/c1-4-5-14-25-24(29)20(3)18-22(27)21-17-19(2)12-10-8-6-7-9-11-15-32(30,31)16-13-23(28)26-21/h19-22,27H,4-18H2,1-3H3,(H,25,29)(H,26,28)/t19-,20?,21?,22?/m1/s1. The Balaban J connectivity index is 2.77. The van der Waals surface area contributed by atoms with Crippen molar-refractivity contribution in [3.8, 4) is 0 Å². The zero-order valence-electron chi connectivity index (χ0n) is 20.4. The van der Waals surface area contributed by atoms with E-state index in [4.69, 9.17) is 0 Å². The third-order valence-electron chi connectivity index (χ3n) is 6.38. The van der Waals surface area contributed by atoms with Gasteiger partial charge in [0.05, 0.1) is 23.7 Å². The molecule has 0 aromatic heterocycles. The fraction of sp³-hybridized carbons (Fsp3) is 0.917. The van der Waals surface area contributed by atoms with Crippen molar-refractivity contribution >= 4 is 21.7 Å². The van der Waals surface area contributed by atoms with E-state index in [2.05, 4.69) is 24.5 Å². The summed E-state index contributed by atoms with van der Waals surface area (Å²) in [6.07, 6.45) is 8.80. The average Bonchev–Trinajstić information content (AvgIpc) is 2.73. The molecule has 1 saturated heterocycles. The molecule has 0 bridgehead atoms. The number of carbonyl (C=O) groups excluding carboxylic acids is 2. The second kappa shape index (κ2) is 15.6. The van der Waals surface area contributed by atoms with Crippen LogP contribution in [0, 0.1) is 11.8 Å². The Hall–Kier alpha value is -1.15. The predicted octanol–water partition coefficient (Wildman–Crippen LogP) is 3.35. The van der Waals surface area contributed by atoms with Gasteiger partial charge in [0.15, 0.2) is 9.84 Å². The van der Waals surface area contributed by atoms with Crippen LogP contribution in [0.4, 0.5) is 0 Å². The lowest BCUT2D eigenvalue weighted by atomic mass is 9.89. The van der Waals surface area contributed by atoms with Crippen LogP contribution in [-0.2, 0) is 19.4 Å². The number of nitrogens with one attached hydrogen (secondary N) is 2. The zero-order valence-corrected chi connectivity index (χ0v) is 21.2. The summed E-state index contributed by atoms with van der Waals surface area (Å²) in [5, 5.41) is 16.6. The lowest BCUT2D eigenvalue weighted by Crippen LogP contribution is -2.46. The molecule has 0 aromatic rings. The summed E-state index contributed by atoms with van der Waals surface area (Å²) in [4.78, 5) is 24.8. The molecule has 0 aliphatic carbocycles. The highest BCUT2D eigenvalue weighted by Gasteiger charge is 2.27. The summed E-state index contributed by atoms with van der Waals surface area (Å²) >= 11 is 0. The molecule has 2 amide bonds. The Morgan fingerprint density at radius 1 is 1.16 bits per heavy atom. The first kappa shape index (κ1) is 28.9. The number of carbonyl (C=O) groups is 2. The minimum absolute atomic E-state index is 0.0869. The molecule has 0 saturated carbocycles. The number of unbranched alkanes of at least 4 members (excludes halogenated alkanes) is 1. The molecule has 8 heteroatoms. The van der Waals surface area contributed by atoms with Crippen LogP contribution in [0.3, 0.4) is 0 Å². The molecule has 3 N–H and O–H groups in total. The SMILES string of the molecule is CCCCNC(=O)C(C)CC(O)C1C[C@H](C)CCCCCCCCS(=O)(=O)CCC(=O)N1. The number of sulfone groups is 1. The molecule has 4 atom stereocenters. The molecular formula is C24H46N2O5S. The molecule has 7 nitrogen and oxygen atoms in total. The van der Waals surface area contributed by atoms with E-state index in [0.29, 0.717) is 25.3 Å². The minimum atomic E-state index is -3.25. The molecule has 1 aliphatic rings. The molecule has 1 heterocycles. The molecule has 0 aromatic carbocycles. The number of hydrogen-bond acceptors (Lipinski definition) is 5. The summed E-state index contributed by atoms with van der Waals surface area (Å²) in [5.41, 5.74) is 0. The van der Waals surface area contributed by atoms with Gasteiger partial charge in [-0.25, -0.2) is 8.42 Å². The van der Waals surface area contributed by atoms with Crippen LogP contribution >= 0.6 is 0 Å². The van der Waals surface area contributed by atoms with E-state index >= 15 is 0 Å². The first-order chi connectivity index (χ1) is 15.1. The molecule has 32 heavy (non-hydrogen) atoms. The van der Waals surface area contributed by atoms with Gasteiger partial charge in [0.1, 0.15) is 0 Å². The molecule has 0 radical (unpaired) electrons. The van der Waals surface area contributed by atoms with Crippen molar-refractivity contribution in [3.05, 3.63) is 0 Å². The van der Waals surface area contributed by atoms with Gasteiger partial charge < -0.3 is 15.7 Å². The topological polar surface area (TPSA) is 113 Å². The van der Waals surface area contributed by atoms with Crippen LogP contribution in [0.2, 0.25) is 0 Å². The Morgan fingerprint density at radius 2 is 1.81 bits per heavy atom. The van der Waals surface area contributed by atoms with Crippen molar-refractivity contribution in [2.75, 3.05) is 18.1 Å². The second-order valence-corrected chi connectivity index (χ2v) is 12.0. The van der Waals surface area contributed by atoms with Crippen molar-refractivity contribution in [2.24, 2.45) is 11.8 Å². The first-order valence-electron chi connectivity index (χ1n) is 12.6. The van der Waals surface area contributed by atoms with Gasteiger partial charge in [0, 0.05) is 18.9 Å². The summed E-state index contributed by atoms with van der Waals surface area (Å²) in [7, 11) is -3.25. The Bertz CT molecular complexity index is 653. The maximum absolute atomic E-state index is 12.5. The van der Waals surface area contributed by atoms with Crippen molar-refractivity contribution in [3.63, 3.8) is 0 Å². The van der Waals surface area contributed by atoms with E-state index in [9.17, 15) is 23.1 Å². The Morgan fingerprint density at radius 3 is 2.50 bits per heavy atom. The van der Waals surface area contributed by atoms with Crippen molar-refractivity contribution in [1.29, 1.82) is 0 Å². The fourth-order valence-electron chi connectivity index (χ4n) is 4.21. The minimum Gasteiger partial charge on any atom is -0.391 e. The van der Waals surface area contributed by atoms with Gasteiger partial charge in [-0.2, -0.15) is 0 Å². The third-order valence-corrected chi connectivity index (χ3v) is 8.12. The molecule has 1 fully saturated rings. The molecule has 3 unspecified atom stereocenters. The largest absolute Gasteiger partial charge is 0.391 e. The number of aliphatic hydroxyl groups is 1. The highest BCUT2D eigenvalue weighted by Crippen LogP contribution is 2.21. The van der Waals surface area contributed by atoms with Crippen LogP contribution in [0.25, 0.3) is 0 Å². The Kier molecular flexibility index (Phi) is 14.1. The Labute approximate surface area is 195 Å². The van der Waals surface area contributed by atoms with E-state index < -0.39 is 22.0 Å². The van der Waals surface area contributed by atoms with Crippen LogP contribution in [0.1, 0.15) is 97.8 Å². The monoisotopic (exact) mass is 474 g/mol. The maximum Gasteiger partial charge on any atom is 0.222 e. The van der Waals surface area contributed by atoms with Crippen LogP contribution in [0.5, 0.6) is 0 Å². The summed E-state index contributed by atoms with van der Waals surface area (Å²) in [6.45, 7) is 6.60. The van der Waals surface area contributed by atoms with Crippen molar-refractivity contribution in [1.82, 2.24) is 10.6 Å². The van der Waals surface area contributed by atoms with Gasteiger partial charge >= 0.3 is 0 Å². The van der Waals surface area contributed by atoms with E-state index in [0.717, 1.165) is 51.4 Å². The van der Waals surface area contributed by atoms with Gasteiger partial charge in [-0.15, -0.1) is 0 Å². The zero-order chi connectivity index (χ0) is 24.0. The lowest BCUT2D eigenvalue weighted by Gasteiger charge is -2.28. The normalized spacial score (nSPS) is 25.9. The number of amides is 2. The summed E-state index contributed by atoms with van der Waals surface area (Å²) in [6, 6.07) is -0.487. The molecule has 188 valence electrons. The van der Waals surface area contributed by atoms with E-state index in [1.165, 1.54) is 0 Å². The predicted molar refractivity (Wildman–Crippen MR) is 129 cm³/mol. The van der Waals surface area contributed by atoms with Crippen LogP contribution < -0.4 is 10.6 Å². The highest BCUT2D eigenvalue weighted by molar-refractivity contribution is 7.91. The van der Waals surface area contributed by atoms with Gasteiger partial charge in [0.2, 0.25) is 11.8 Å². The van der Waals surface area contributed by atoms with Gasteiger partial charge in [-0.05, 0) is 31.6 Å². The van der Waals surface area contributed by atoms with E-state index in [1.54, 1.807) is 6.92 Å². The third kappa shape index (κ3) is 12.8. The summed E-state index contributed by atoms with van der Waals surface area (Å²) in [5.74, 6) is -0.509. The van der Waals surface area contributed by atoms with Crippen LogP contribution in [0.15, 0.2) is 0 Å². The number of aliphatic hydroxyl groups excluding tert-OH is 1. The molecule has 1 rings (SSSR count). The number of rotatable bonds is 7. The fourth-order valence-corrected chi connectivity index (χ4v) is 5.56. The lowest BCUT2D eigenvalue weighted by molar-refractivity contribution is -0.125. The number of hydrogen-bond donors (Lipinski definition) is 3. The van der Waals surface area contributed by atoms with Gasteiger partial charge in [-0.1, -0.05) is 65.7 Å². The highest BCUT2D eigenvalue weighted by atomic mass is 32.2. The first-order valence-corrected chi connectivity index (χ1v) is 14.4. The average molecular weight is 475 g/mol. The van der Waals surface area contributed by atoms with Gasteiger partial charge in [-0.3, -0.25) is 9.59 Å². The molecule has 1 aliphatic heterocycles. The van der Waals surface area contributed by atoms with Crippen molar-refractivity contribution < 1.29 is 23.1 Å². The van der Waals surface area contributed by atoms with E-state index in [-0.39, 0.29) is 42.1 Å². The smallest absolute Gasteiger partial charge is 0.222 e. The maximum atomic E-state index is 12.5. The van der Waals surface area contributed by atoms with Crippen molar-refractivity contribution in [2.45, 2.75) is 110 Å². The van der Waals surface area contributed by atoms with Gasteiger partial charge in [0.25, 0.3) is 0 Å². The second-order valence-electron chi connectivity index (χ2n) is 9.68. The molecular weight excluding hydrogens is 428 g/mol. The molecule has 0 spiro atoms. The van der Waals surface area contributed by atoms with Crippen LogP contribution in [-0.4, -0.2) is 55.5 Å².